The van der Waals surface area contributed by atoms with Crippen molar-refractivity contribution in [1.29, 1.82) is 0 Å². The van der Waals surface area contributed by atoms with Crippen molar-refractivity contribution in [3.63, 3.8) is 0 Å². The molecule has 0 saturated carbocycles. The topological polar surface area (TPSA) is 105 Å². The third-order valence-electron chi connectivity index (χ3n) is 5.15. The maximum absolute atomic E-state index is 12.8. The molecule has 1 atom stereocenters. The van der Waals surface area contributed by atoms with E-state index in [4.69, 9.17) is 16.1 Å². The van der Waals surface area contributed by atoms with E-state index >= 15 is 0 Å². The van der Waals surface area contributed by atoms with Crippen LogP contribution in [0.5, 0.6) is 0 Å². The molecule has 10 heteroatoms. The van der Waals surface area contributed by atoms with Gasteiger partial charge in [-0.15, -0.1) is 0 Å². The van der Waals surface area contributed by atoms with E-state index in [1.807, 2.05) is 31.2 Å². The normalized spacial score (nSPS) is 16.6. The molecule has 1 unspecified atom stereocenters. The third kappa shape index (κ3) is 4.79. The summed E-state index contributed by atoms with van der Waals surface area (Å²) in [4.78, 5) is 18.9. The molecule has 1 aliphatic rings. The number of halogens is 1. The van der Waals surface area contributed by atoms with Gasteiger partial charge in [-0.3, -0.25) is 4.79 Å². The summed E-state index contributed by atoms with van der Waals surface area (Å²) in [5, 5.41) is 4.47. The number of amides is 1. The summed E-state index contributed by atoms with van der Waals surface area (Å²) in [5.41, 5.74) is 1.95. The van der Waals surface area contributed by atoms with E-state index in [0.717, 1.165) is 17.5 Å². The van der Waals surface area contributed by atoms with Crippen molar-refractivity contribution in [2.75, 3.05) is 13.1 Å². The molecule has 8 nitrogen and oxygen atoms in total. The number of likely N-dealkylation sites (tertiary alicyclic amines) is 1. The SMILES string of the molecule is Cc1ccc(-c2noc(C3CCCN3C(=O)CNS(=O)(=O)c3ccc(Cl)cc3)n2)cc1. The summed E-state index contributed by atoms with van der Waals surface area (Å²) in [6.07, 6.45) is 1.44. The zero-order chi connectivity index (χ0) is 22.0. The van der Waals surface area contributed by atoms with Crippen molar-refractivity contribution < 1.29 is 17.7 Å². The molecular weight excluding hydrogens is 440 g/mol. The lowest BCUT2D eigenvalue weighted by Gasteiger charge is -2.22. The Morgan fingerprint density at radius 3 is 2.61 bits per heavy atom. The van der Waals surface area contributed by atoms with Crippen LogP contribution in [0.4, 0.5) is 0 Å². The first-order valence-electron chi connectivity index (χ1n) is 9.79. The Morgan fingerprint density at radius 1 is 1.19 bits per heavy atom. The average molecular weight is 461 g/mol. The fourth-order valence-corrected chi connectivity index (χ4v) is 4.57. The summed E-state index contributed by atoms with van der Waals surface area (Å²) < 4.78 is 32.6. The second kappa shape index (κ2) is 8.78. The molecule has 31 heavy (non-hydrogen) atoms. The van der Waals surface area contributed by atoms with Gasteiger partial charge in [0.05, 0.1) is 11.4 Å². The first-order valence-corrected chi connectivity index (χ1v) is 11.6. The molecule has 2 heterocycles. The highest BCUT2D eigenvalue weighted by Crippen LogP contribution is 2.32. The number of carbonyl (C=O) groups excluding carboxylic acids is 1. The third-order valence-corrected chi connectivity index (χ3v) is 6.82. The molecule has 1 fully saturated rings. The molecule has 1 amide bonds. The number of rotatable bonds is 6. The Bertz CT molecular complexity index is 1180. The molecule has 1 aliphatic heterocycles. The Labute approximate surface area is 185 Å². The lowest BCUT2D eigenvalue weighted by atomic mass is 10.1. The van der Waals surface area contributed by atoms with Crippen molar-refractivity contribution >= 4 is 27.5 Å². The van der Waals surface area contributed by atoms with E-state index in [1.54, 1.807) is 4.90 Å². The second-order valence-corrected chi connectivity index (χ2v) is 9.55. The number of aryl methyl sites for hydroxylation is 1. The minimum atomic E-state index is -3.83. The average Bonchev–Trinajstić information content (AvgIpc) is 3.42. The Hall–Kier alpha value is -2.75. The van der Waals surface area contributed by atoms with Gasteiger partial charge in [0.25, 0.3) is 0 Å². The number of nitrogens with one attached hydrogen (secondary N) is 1. The summed E-state index contributed by atoms with van der Waals surface area (Å²) in [5.74, 6) is 0.454. The highest BCUT2D eigenvalue weighted by atomic mass is 35.5. The Kier molecular flexibility index (Phi) is 6.08. The predicted octanol–water partition coefficient (Wildman–Crippen LogP) is 3.34. The lowest BCUT2D eigenvalue weighted by molar-refractivity contribution is -0.131. The van der Waals surface area contributed by atoms with E-state index in [-0.39, 0.29) is 23.4 Å². The Balaban J connectivity index is 1.44. The molecule has 0 bridgehead atoms. The highest BCUT2D eigenvalue weighted by Gasteiger charge is 2.34. The van der Waals surface area contributed by atoms with Crippen molar-refractivity contribution in [3.05, 3.63) is 65.0 Å². The van der Waals surface area contributed by atoms with Gasteiger partial charge in [0, 0.05) is 17.1 Å². The number of hydrogen-bond acceptors (Lipinski definition) is 6. The number of aromatic nitrogens is 2. The van der Waals surface area contributed by atoms with Gasteiger partial charge < -0.3 is 9.42 Å². The fraction of sp³-hybridized carbons (Fsp3) is 0.286. The molecule has 1 saturated heterocycles. The van der Waals surface area contributed by atoms with Crippen LogP contribution in [0.1, 0.15) is 30.3 Å². The number of benzene rings is 2. The summed E-state index contributed by atoms with van der Waals surface area (Å²) in [6.45, 7) is 2.13. The van der Waals surface area contributed by atoms with Crippen molar-refractivity contribution in [2.45, 2.75) is 30.7 Å². The van der Waals surface area contributed by atoms with Crippen LogP contribution in [0.15, 0.2) is 57.9 Å². The minimum absolute atomic E-state index is 0.0438. The van der Waals surface area contributed by atoms with Crippen LogP contribution in [-0.2, 0) is 14.8 Å². The number of hydrogen-bond donors (Lipinski definition) is 1. The van der Waals surface area contributed by atoms with Gasteiger partial charge in [0.2, 0.25) is 27.6 Å². The molecule has 0 aliphatic carbocycles. The van der Waals surface area contributed by atoms with Crippen LogP contribution in [0.3, 0.4) is 0 Å². The maximum atomic E-state index is 12.8. The van der Waals surface area contributed by atoms with Gasteiger partial charge in [-0.2, -0.15) is 4.98 Å². The summed E-state index contributed by atoms with van der Waals surface area (Å²) >= 11 is 5.80. The van der Waals surface area contributed by atoms with E-state index in [0.29, 0.717) is 29.7 Å². The zero-order valence-corrected chi connectivity index (χ0v) is 18.4. The molecule has 162 valence electrons. The molecule has 3 aromatic rings. The zero-order valence-electron chi connectivity index (χ0n) is 16.8. The van der Waals surface area contributed by atoms with Gasteiger partial charge in [0.1, 0.15) is 6.04 Å². The number of nitrogens with zero attached hydrogens (tertiary/aromatic N) is 3. The standard InChI is InChI=1S/C21H21ClN4O4S/c1-14-4-6-15(7-5-14)20-24-21(30-25-20)18-3-2-12-26(18)19(27)13-23-31(28,29)17-10-8-16(22)9-11-17/h4-11,18,23H,2-3,12-13H2,1H3. The van der Waals surface area contributed by atoms with Gasteiger partial charge >= 0.3 is 0 Å². The Morgan fingerprint density at radius 2 is 1.90 bits per heavy atom. The first-order chi connectivity index (χ1) is 14.8. The number of carbonyl (C=O) groups is 1. The number of sulfonamides is 1. The van der Waals surface area contributed by atoms with Crippen LogP contribution < -0.4 is 4.72 Å². The van der Waals surface area contributed by atoms with E-state index in [1.165, 1.54) is 24.3 Å². The van der Waals surface area contributed by atoms with E-state index in [2.05, 4.69) is 14.9 Å². The lowest BCUT2D eigenvalue weighted by Crippen LogP contribution is -2.39. The molecule has 0 radical (unpaired) electrons. The van der Waals surface area contributed by atoms with E-state index in [9.17, 15) is 13.2 Å². The van der Waals surface area contributed by atoms with Crippen molar-refractivity contribution in [1.82, 2.24) is 19.8 Å². The van der Waals surface area contributed by atoms with Gasteiger partial charge in [-0.1, -0.05) is 46.6 Å². The van der Waals surface area contributed by atoms with Gasteiger partial charge in [0.15, 0.2) is 0 Å². The quantitative estimate of drug-likeness (QED) is 0.604. The maximum Gasteiger partial charge on any atom is 0.249 e. The van der Waals surface area contributed by atoms with Gasteiger partial charge in [-0.05, 0) is 44.0 Å². The fourth-order valence-electron chi connectivity index (χ4n) is 3.47. The molecule has 4 rings (SSSR count). The summed E-state index contributed by atoms with van der Waals surface area (Å²) in [6, 6.07) is 13.1. The van der Waals surface area contributed by atoms with Crippen LogP contribution in [0, 0.1) is 6.92 Å². The highest BCUT2D eigenvalue weighted by molar-refractivity contribution is 7.89. The molecule has 0 spiro atoms. The first kappa shape index (κ1) is 21.5. The molecule has 1 N–H and O–H groups in total. The minimum Gasteiger partial charge on any atom is -0.337 e. The second-order valence-electron chi connectivity index (χ2n) is 7.35. The smallest absolute Gasteiger partial charge is 0.249 e. The van der Waals surface area contributed by atoms with Crippen molar-refractivity contribution in [3.8, 4) is 11.4 Å². The van der Waals surface area contributed by atoms with Crippen LogP contribution >= 0.6 is 11.6 Å². The summed E-state index contributed by atoms with van der Waals surface area (Å²) in [7, 11) is -3.83. The largest absolute Gasteiger partial charge is 0.337 e. The van der Waals surface area contributed by atoms with Gasteiger partial charge in [-0.25, -0.2) is 13.1 Å². The van der Waals surface area contributed by atoms with Crippen molar-refractivity contribution in [2.24, 2.45) is 0 Å². The van der Waals surface area contributed by atoms with Crippen LogP contribution in [0.2, 0.25) is 5.02 Å². The molecule has 2 aromatic carbocycles. The van der Waals surface area contributed by atoms with Crippen LogP contribution in [0.25, 0.3) is 11.4 Å². The monoisotopic (exact) mass is 460 g/mol. The van der Waals surface area contributed by atoms with E-state index < -0.39 is 10.0 Å². The molecular formula is C21H21ClN4O4S. The predicted molar refractivity (Wildman–Crippen MR) is 115 cm³/mol. The molecule has 1 aromatic heterocycles. The van der Waals surface area contributed by atoms with Crippen LogP contribution in [-0.4, -0.2) is 42.5 Å².